The van der Waals surface area contributed by atoms with Crippen LogP contribution in [-0.2, 0) is 38.3 Å². The normalized spacial score (nSPS) is 30.5. The SMILES string of the molecule is COc1cc(/C=C/C(=O)OCCC(CON(O)O)ON(O)O)ccc1OC(=O)OCCNC(=O)OCC(=O)[C@@]1(O)[C@H](O)C[C@H]2[C@@H]3CCC4=CC(=O)C=C[C@]4(C)[C@@]3(F)[C@@H](O)C[C@@]21C. The van der Waals surface area contributed by atoms with E-state index in [2.05, 4.69) is 15.0 Å². The number of alkyl carbamates (subject to hydrolysis) is 1. The molecule has 5 rings (SSSR count). The Balaban J connectivity index is 1.06. The third kappa shape index (κ3) is 9.82. The Morgan fingerprint density at radius 3 is 2.44 bits per heavy atom. The molecule has 8 N–H and O–H groups in total. The van der Waals surface area contributed by atoms with Crippen molar-refractivity contribution in [2.24, 2.45) is 22.7 Å². The van der Waals surface area contributed by atoms with Crippen LogP contribution < -0.4 is 14.8 Å². The number of aliphatic hydroxyl groups excluding tert-OH is 2. The van der Waals surface area contributed by atoms with Crippen LogP contribution >= 0.6 is 0 Å². The van der Waals surface area contributed by atoms with Crippen molar-refractivity contribution >= 4 is 35.9 Å². The zero-order valence-corrected chi connectivity index (χ0v) is 33.9. The third-order valence-electron chi connectivity index (χ3n) is 12.3. The standard InChI is InChI=1S/C39H50FN3O19/c1-36-12-10-24(44)17-23(36)6-7-26-27-18-30(45)39(51,37(27,2)19-31(46)38(26,36)40)32(47)21-59-34(49)41-13-15-58-35(50)61-28-8-4-22(16-29(28)56-3)5-9-33(48)57-14-11-25(62-43(54)55)20-60-42(52)53/h4-5,8-10,12,16-17,25-27,30-31,45-46,51-55H,6-7,11,13-15,18-21H2,1-3H3,(H,41,49)/b9-5+/t25?,26-,27-,30+,31-,36-,37-,38-,39-/m0/s1. The first-order chi connectivity index (χ1) is 29.2. The van der Waals surface area contributed by atoms with E-state index in [4.69, 9.17) is 44.5 Å². The maximum atomic E-state index is 17.3. The summed E-state index contributed by atoms with van der Waals surface area (Å²) < 4.78 is 42.7. The second kappa shape index (κ2) is 19.6. The minimum Gasteiger partial charge on any atom is -0.493 e. The van der Waals surface area contributed by atoms with Crippen LogP contribution in [-0.4, -0.2) is 146 Å². The van der Waals surface area contributed by atoms with E-state index in [1.54, 1.807) is 6.92 Å². The average Bonchev–Trinajstić information content (AvgIpc) is 3.41. The highest BCUT2D eigenvalue weighted by atomic mass is 19.1. The quantitative estimate of drug-likeness (QED) is 0.0261. The fraction of sp³-hybridized carbons (Fsp3) is 0.564. The van der Waals surface area contributed by atoms with Crippen LogP contribution in [0.3, 0.4) is 0 Å². The van der Waals surface area contributed by atoms with Gasteiger partial charge in [-0.1, -0.05) is 24.6 Å². The first-order valence-corrected chi connectivity index (χ1v) is 19.4. The van der Waals surface area contributed by atoms with E-state index in [1.165, 1.54) is 56.5 Å². The van der Waals surface area contributed by atoms with Crippen molar-refractivity contribution < 1.29 is 97.9 Å². The largest absolute Gasteiger partial charge is 0.514 e. The number of allylic oxidation sites excluding steroid dienone is 4. The van der Waals surface area contributed by atoms with E-state index < -0.39 is 113 Å². The summed E-state index contributed by atoms with van der Waals surface area (Å²) in [7, 11) is 1.28. The molecule has 9 atom stereocenters. The molecule has 0 saturated heterocycles. The molecule has 62 heavy (non-hydrogen) atoms. The molecule has 0 aliphatic heterocycles. The predicted octanol–water partition coefficient (Wildman–Crippen LogP) is 1.92. The molecule has 4 aliphatic carbocycles. The van der Waals surface area contributed by atoms with Gasteiger partial charge in [0.2, 0.25) is 5.78 Å². The molecule has 0 aromatic heterocycles. The highest BCUT2D eigenvalue weighted by molar-refractivity contribution is 6.01. The summed E-state index contributed by atoms with van der Waals surface area (Å²) in [6.07, 6.45) is -0.457. The van der Waals surface area contributed by atoms with E-state index in [9.17, 15) is 39.3 Å². The lowest BCUT2D eigenvalue weighted by Gasteiger charge is -2.62. The maximum absolute atomic E-state index is 17.3. The zero-order valence-electron chi connectivity index (χ0n) is 33.9. The summed E-state index contributed by atoms with van der Waals surface area (Å²) in [6, 6.07) is 4.20. The molecule has 1 aromatic carbocycles. The van der Waals surface area contributed by atoms with Crippen LogP contribution in [0.4, 0.5) is 14.0 Å². The molecule has 23 heteroatoms. The number of alkyl halides is 1. The number of nitrogens with one attached hydrogen (secondary N) is 1. The number of hydrogen-bond donors (Lipinski definition) is 8. The number of esters is 1. The fourth-order valence-electron chi connectivity index (χ4n) is 9.25. The number of methoxy groups -OCH3 is 1. The Hall–Kier alpha value is -4.92. The lowest BCUT2D eigenvalue weighted by molar-refractivity contribution is -0.527. The number of rotatable bonds is 18. The summed E-state index contributed by atoms with van der Waals surface area (Å²) in [4.78, 5) is 71.5. The number of hydrogen-bond acceptors (Lipinski definition) is 21. The number of aliphatic hydroxyl groups is 3. The van der Waals surface area contributed by atoms with Gasteiger partial charge in [-0.05, 0) is 74.4 Å². The Morgan fingerprint density at radius 1 is 1.00 bits per heavy atom. The van der Waals surface area contributed by atoms with Crippen LogP contribution in [0.1, 0.15) is 51.5 Å². The molecule has 0 heterocycles. The number of carbonyl (C=O) groups is 5. The first kappa shape index (κ1) is 48.1. The van der Waals surface area contributed by atoms with Gasteiger partial charge in [0, 0.05) is 29.2 Å². The van der Waals surface area contributed by atoms with E-state index in [0.717, 1.165) is 6.08 Å². The van der Waals surface area contributed by atoms with Gasteiger partial charge >= 0.3 is 18.2 Å². The molecule has 3 fully saturated rings. The molecule has 3 saturated carbocycles. The average molecular weight is 884 g/mol. The minimum absolute atomic E-state index is 0.0579. The van der Waals surface area contributed by atoms with Crippen molar-refractivity contribution in [1.82, 2.24) is 16.1 Å². The number of ketones is 2. The van der Waals surface area contributed by atoms with Gasteiger partial charge in [0.15, 0.2) is 35.2 Å². The van der Waals surface area contributed by atoms with E-state index >= 15 is 4.39 Å². The highest BCUT2D eigenvalue weighted by Gasteiger charge is 2.76. The molecular weight excluding hydrogens is 833 g/mol. The molecule has 1 aromatic rings. The summed E-state index contributed by atoms with van der Waals surface area (Å²) in [5, 5.41) is 70.3. The molecule has 342 valence electrons. The van der Waals surface area contributed by atoms with Gasteiger partial charge in [-0.2, -0.15) is 0 Å². The summed E-state index contributed by atoms with van der Waals surface area (Å²) in [6.45, 7) is 0.571. The molecule has 1 unspecified atom stereocenters. The lowest BCUT2D eigenvalue weighted by Crippen LogP contribution is -2.69. The van der Waals surface area contributed by atoms with Crippen molar-refractivity contribution in [2.45, 2.75) is 75.5 Å². The third-order valence-corrected chi connectivity index (χ3v) is 12.3. The Morgan fingerprint density at radius 2 is 1.74 bits per heavy atom. The second-order valence-electron chi connectivity index (χ2n) is 15.6. The Bertz CT molecular complexity index is 1950. The van der Waals surface area contributed by atoms with Gasteiger partial charge in [-0.3, -0.25) is 30.4 Å². The minimum atomic E-state index is -2.50. The number of nitrogens with zero attached hydrogens (tertiary/aromatic N) is 2. The summed E-state index contributed by atoms with van der Waals surface area (Å²) in [5.74, 6) is -3.79. The molecule has 22 nitrogen and oxygen atoms in total. The smallest absolute Gasteiger partial charge is 0.493 e. The van der Waals surface area contributed by atoms with Crippen LogP contribution in [0.25, 0.3) is 6.08 Å². The Labute approximate surface area is 353 Å². The van der Waals surface area contributed by atoms with Crippen LogP contribution in [0.15, 0.2) is 48.1 Å². The fourth-order valence-corrected chi connectivity index (χ4v) is 9.25. The van der Waals surface area contributed by atoms with Gasteiger partial charge in [0.05, 0.1) is 43.2 Å². The summed E-state index contributed by atoms with van der Waals surface area (Å²) in [5.41, 5.74) is -6.61. The molecule has 0 spiro atoms. The number of amides is 1. The second-order valence-corrected chi connectivity index (χ2v) is 15.6. The Kier molecular flexibility index (Phi) is 15.2. The number of benzene rings is 1. The van der Waals surface area contributed by atoms with Gasteiger partial charge in [-0.15, -0.1) is 0 Å². The monoisotopic (exact) mass is 883 g/mol. The van der Waals surface area contributed by atoms with Crippen molar-refractivity contribution in [2.75, 3.05) is 40.1 Å². The van der Waals surface area contributed by atoms with Crippen molar-refractivity contribution in [3.8, 4) is 11.5 Å². The lowest BCUT2D eigenvalue weighted by atomic mass is 9.44. The van der Waals surface area contributed by atoms with Gasteiger partial charge in [0.1, 0.15) is 19.3 Å². The van der Waals surface area contributed by atoms with Crippen molar-refractivity contribution in [1.29, 1.82) is 0 Å². The topological polar surface area (TPSA) is 310 Å². The van der Waals surface area contributed by atoms with E-state index in [1.807, 2.05) is 0 Å². The molecule has 0 bridgehead atoms. The maximum Gasteiger partial charge on any atom is 0.514 e. The molecule has 0 radical (unpaired) electrons. The van der Waals surface area contributed by atoms with Gasteiger partial charge in [-0.25, -0.2) is 28.4 Å². The van der Waals surface area contributed by atoms with Crippen molar-refractivity contribution in [3.63, 3.8) is 0 Å². The van der Waals surface area contributed by atoms with Crippen LogP contribution in [0.5, 0.6) is 11.5 Å². The van der Waals surface area contributed by atoms with Gasteiger partial charge in [0.25, 0.3) is 0 Å². The first-order valence-electron chi connectivity index (χ1n) is 19.4. The molecular formula is C39H50FN3O19. The van der Waals surface area contributed by atoms with Crippen molar-refractivity contribution in [3.05, 3.63) is 53.6 Å². The molecule has 4 aliphatic rings. The number of ether oxygens (including phenoxy) is 5. The number of fused-ring (bicyclic) bond motifs is 5. The van der Waals surface area contributed by atoms with Gasteiger partial charge < -0.3 is 44.3 Å². The summed E-state index contributed by atoms with van der Waals surface area (Å²) >= 11 is 0. The molecule has 1 amide bonds. The number of Topliss-reactive ketones (excluding diaryl/α,β-unsaturated/α-hetero) is 1. The van der Waals surface area contributed by atoms with Crippen LogP contribution in [0.2, 0.25) is 0 Å². The zero-order chi connectivity index (χ0) is 45.6. The van der Waals surface area contributed by atoms with E-state index in [-0.39, 0.29) is 49.7 Å². The predicted molar refractivity (Wildman–Crippen MR) is 200 cm³/mol. The highest BCUT2D eigenvalue weighted by Crippen LogP contribution is 2.69. The van der Waals surface area contributed by atoms with E-state index in [0.29, 0.717) is 17.6 Å². The van der Waals surface area contributed by atoms with Crippen LogP contribution in [0, 0.1) is 22.7 Å². The number of carbonyl (C=O) groups excluding carboxylic acids is 5. The number of halogens is 1.